The van der Waals surface area contributed by atoms with Crippen LogP contribution in [0.2, 0.25) is 0 Å². The molecule has 24 heavy (non-hydrogen) atoms. The van der Waals surface area contributed by atoms with Gasteiger partial charge in [0.1, 0.15) is 11.5 Å². The van der Waals surface area contributed by atoms with Gasteiger partial charge in [0.05, 0.1) is 17.6 Å². The molecule has 0 aliphatic heterocycles. The smallest absolute Gasteiger partial charge is 0.268 e. The van der Waals surface area contributed by atoms with Crippen molar-refractivity contribution in [3.63, 3.8) is 0 Å². The Kier molecular flexibility index (Phi) is 3.34. The number of amides is 1. The molecular formula is C19H18N4O. The topological polar surface area (TPSA) is 62.7 Å². The lowest BCUT2D eigenvalue weighted by Crippen LogP contribution is -2.24. The summed E-state index contributed by atoms with van der Waals surface area (Å²) in [4.78, 5) is 20.2. The molecule has 0 bridgehead atoms. The summed E-state index contributed by atoms with van der Waals surface area (Å²) in [5, 5.41) is 3.97. The lowest BCUT2D eigenvalue weighted by molar-refractivity contribution is 0.0945. The Morgan fingerprint density at radius 2 is 2.04 bits per heavy atom. The van der Waals surface area contributed by atoms with E-state index in [-0.39, 0.29) is 5.91 Å². The standard InChI is InChI=1S/C19H18N4O/c1-12-7-8-13-10-16(21-15(13)9-12)19(24)20-11-18-22-14-5-3-4-6-17(14)23(18)2/h3-10,21H,11H2,1-2H3,(H,20,24). The molecule has 2 heterocycles. The fourth-order valence-corrected chi connectivity index (χ4v) is 2.97. The molecule has 4 aromatic rings. The fraction of sp³-hybridized carbons (Fsp3) is 0.158. The van der Waals surface area contributed by atoms with Crippen LogP contribution in [-0.4, -0.2) is 20.4 Å². The Bertz CT molecular complexity index is 1060. The molecule has 4 rings (SSSR count). The summed E-state index contributed by atoms with van der Waals surface area (Å²) in [6.07, 6.45) is 0. The molecule has 0 atom stereocenters. The number of benzene rings is 2. The Morgan fingerprint density at radius 3 is 2.88 bits per heavy atom. The first-order valence-electron chi connectivity index (χ1n) is 7.90. The monoisotopic (exact) mass is 318 g/mol. The van der Waals surface area contributed by atoms with E-state index < -0.39 is 0 Å². The second-order valence-electron chi connectivity index (χ2n) is 6.03. The van der Waals surface area contributed by atoms with Crippen molar-refractivity contribution in [3.8, 4) is 0 Å². The van der Waals surface area contributed by atoms with Crippen molar-refractivity contribution in [1.82, 2.24) is 19.9 Å². The number of fused-ring (bicyclic) bond motifs is 2. The molecule has 2 aromatic heterocycles. The van der Waals surface area contributed by atoms with Crippen molar-refractivity contribution in [2.24, 2.45) is 7.05 Å². The maximum absolute atomic E-state index is 12.4. The van der Waals surface area contributed by atoms with E-state index >= 15 is 0 Å². The first-order chi connectivity index (χ1) is 11.6. The number of hydrogen-bond acceptors (Lipinski definition) is 2. The van der Waals surface area contributed by atoms with Crippen LogP contribution in [0.15, 0.2) is 48.5 Å². The maximum Gasteiger partial charge on any atom is 0.268 e. The molecule has 0 saturated heterocycles. The van der Waals surface area contributed by atoms with Crippen LogP contribution in [0.3, 0.4) is 0 Å². The van der Waals surface area contributed by atoms with Gasteiger partial charge < -0.3 is 14.9 Å². The molecule has 0 radical (unpaired) electrons. The summed E-state index contributed by atoms with van der Waals surface area (Å²) in [6, 6.07) is 15.9. The highest BCUT2D eigenvalue weighted by atomic mass is 16.1. The minimum atomic E-state index is -0.129. The van der Waals surface area contributed by atoms with Gasteiger partial charge in [-0.25, -0.2) is 4.98 Å². The number of carbonyl (C=O) groups excluding carboxylic acids is 1. The third kappa shape index (κ3) is 2.44. The molecule has 2 N–H and O–H groups in total. The molecule has 120 valence electrons. The van der Waals surface area contributed by atoms with Crippen LogP contribution in [0.1, 0.15) is 21.9 Å². The van der Waals surface area contributed by atoms with Crippen LogP contribution in [0.5, 0.6) is 0 Å². The van der Waals surface area contributed by atoms with Crippen molar-refractivity contribution in [2.75, 3.05) is 0 Å². The summed E-state index contributed by atoms with van der Waals surface area (Å²) in [7, 11) is 1.96. The van der Waals surface area contributed by atoms with Crippen LogP contribution < -0.4 is 5.32 Å². The van der Waals surface area contributed by atoms with Crippen molar-refractivity contribution >= 4 is 27.8 Å². The van der Waals surface area contributed by atoms with E-state index in [0.29, 0.717) is 12.2 Å². The van der Waals surface area contributed by atoms with Gasteiger partial charge in [-0.1, -0.05) is 24.3 Å². The van der Waals surface area contributed by atoms with Gasteiger partial charge in [-0.2, -0.15) is 0 Å². The van der Waals surface area contributed by atoms with E-state index in [1.807, 2.05) is 67.1 Å². The zero-order valence-corrected chi connectivity index (χ0v) is 13.6. The molecule has 5 nitrogen and oxygen atoms in total. The number of H-pyrrole nitrogens is 1. The number of hydrogen-bond donors (Lipinski definition) is 2. The molecule has 1 amide bonds. The second kappa shape index (κ2) is 5.53. The minimum absolute atomic E-state index is 0.129. The van der Waals surface area contributed by atoms with Crippen LogP contribution >= 0.6 is 0 Å². The fourth-order valence-electron chi connectivity index (χ4n) is 2.97. The lowest BCUT2D eigenvalue weighted by atomic mass is 10.2. The number of rotatable bonds is 3. The van der Waals surface area contributed by atoms with Gasteiger partial charge in [-0.05, 0) is 36.8 Å². The number of carbonyl (C=O) groups is 1. The highest BCUT2D eigenvalue weighted by Crippen LogP contribution is 2.17. The van der Waals surface area contributed by atoms with E-state index in [4.69, 9.17) is 0 Å². The molecular weight excluding hydrogens is 300 g/mol. The first kappa shape index (κ1) is 14.5. The van der Waals surface area contributed by atoms with Gasteiger partial charge in [0.2, 0.25) is 0 Å². The van der Waals surface area contributed by atoms with Gasteiger partial charge in [-0.15, -0.1) is 0 Å². The minimum Gasteiger partial charge on any atom is -0.351 e. The van der Waals surface area contributed by atoms with Crippen molar-refractivity contribution in [1.29, 1.82) is 0 Å². The van der Waals surface area contributed by atoms with Crippen LogP contribution in [0.4, 0.5) is 0 Å². The SMILES string of the molecule is Cc1ccc2cc(C(=O)NCc3nc4ccccc4n3C)[nH]c2c1. The molecule has 0 aliphatic carbocycles. The highest BCUT2D eigenvalue weighted by molar-refractivity contribution is 5.98. The largest absolute Gasteiger partial charge is 0.351 e. The Balaban J connectivity index is 1.55. The van der Waals surface area contributed by atoms with Crippen LogP contribution in [0.25, 0.3) is 21.9 Å². The zero-order chi connectivity index (χ0) is 16.7. The van der Waals surface area contributed by atoms with E-state index in [9.17, 15) is 4.79 Å². The molecule has 0 fully saturated rings. The number of para-hydroxylation sites is 2. The van der Waals surface area contributed by atoms with Crippen molar-refractivity contribution in [3.05, 3.63) is 65.6 Å². The Morgan fingerprint density at radius 1 is 1.21 bits per heavy atom. The summed E-state index contributed by atoms with van der Waals surface area (Å²) in [6.45, 7) is 2.42. The maximum atomic E-state index is 12.4. The van der Waals surface area contributed by atoms with Gasteiger partial charge in [0.25, 0.3) is 5.91 Å². The molecule has 2 aromatic carbocycles. The third-order valence-electron chi connectivity index (χ3n) is 4.31. The Labute approximate surface area is 139 Å². The van der Waals surface area contributed by atoms with Gasteiger partial charge in [0, 0.05) is 18.0 Å². The first-order valence-corrected chi connectivity index (χ1v) is 7.90. The van der Waals surface area contributed by atoms with E-state index in [1.54, 1.807) is 0 Å². The average molecular weight is 318 g/mol. The quantitative estimate of drug-likeness (QED) is 0.609. The summed E-state index contributed by atoms with van der Waals surface area (Å²) >= 11 is 0. The number of aryl methyl sites for hydroxylation is 2. The Hall–Kier alpha value is -3.08. The van der Waals surface area contributed by atoms with E-state index in [0.717, 1.165) is 33.3 Å². The summed E-state index contributed by atoms with van der Waals surface area (Å²) in [5.41, 5.74) is 4.70. The molecule has 5 heteroatoms. The number of imidazole rings is 1. The molecule has 0 aliphatic rings. The summed E-state index contributed by atoms with van der Waals surface area (Å²) in [5.74, 6) is 0.701. The molecule has 0 saturated carbocycles. The van der Waals surface area contributed by atoms with Crippen molar-refractivity contribution < 1.29 is 4.79 Å². The molecule has 0 spiro atoms. The molecule has 0 unspecified atom stereocenters. The lowest BCUT2D eigenvalue weighted by Gasteiger charge is -2.04. The van der Waals surface area contributed by atoms with Gasteiger partial charge >= 0.3 is 0 Å². The number of aromatic nitrogens is 3. The van der Waals surface area contributed by atoms with E-state index in [1.165, 1.54) is 0 Å². The van der Waals surface area contributed by atoms with Crippen LogP contribution in [-0.2, 0) is 13.6 Å². The second-order valence-corrected chi connectivity index (χ2v) is 6.03. The number of nitrogens with zero attached hydrogens (tertiary/aromatic N) is 2. The average Bonchev–Trinajstić information content (AvgIpc) is 3.14. The number of nitrogens with one attached hydrogen (secondary N) is 2. The predicted octanol–water partition coefficient (Wildman–Crippen LogP) is 3.29. The van der Waals surface area contributed by atoms with Gasteiger partial charge in [-0.3, -0.25) is 4.79 Å². The third-order valence-corrected chi connectivity index (χ3v) is 4.31. The summed E-state index contributed by atoms with van der Waals surface area (Å²) < 4.78 is 2.00. The van der Waals surface area contributed by atoms with E-state index in [2.05, 4.69) is 15.3 Å². The van der Waals surface area contributed by atoms with Crippen molar-refractivity contribution in [2.45, 2.75) is 13.5 Å². The van der Waals surface area contributed by atoms with Gasteiger partial charge in [0.15, 0.2) is 0 Å². The zero-order valence-electron chi connectivity index (χ0n) is 13.6. The normalized spacial score (nSPS) is 11.2. The predicted molar refractivity (Wildman–Crippen MR) is 94.9 cm³/mol. The highest BCUT2D eigenvalue weighted by Gasteiger charge is 2.12. The van der Waals surface area contributed by atoms with Crippen LogP contribution in [0, 0.1) is 6.92 Å². The number of aromatic amines is 1.